The molecule has 0 aliphatic heterocycles. The summed E-state index contributed by atoms with van der Waals surface area (Å²) in [7, 11) is 1.62. The number of nitrogens with one attached hydrogen (secondary N) is 3. The standard InChI is InChI=1S/C16H15N3O3/c1-22-13-3-4-14-11(7-13)6-12(19-14)9-18-16(21)10-2-5-15(20)17-8-10/h2-8,19H,9H2,1H3,(H,17,20)(H,18,21). The number of amides is 1. The minimum Gasteiger partial charge on any atom is -0.497 e. The van der Waals surface area contributed by atoms with E-state index in [2.05, 4.69) is 15.3 Å². The van der Waals surface area contributed by atoms with E-state index in [4.69, 9.17) is 4.74 Å². The van der Waals surface area contributed by atoms with E-state index in [0.29, 0.717) is 12.1 Å². The van der Waals surface area contributed by atoms with Crippen molar-refractivity contribution in [3.8, 4) is 5.75 Å². The highest BCUT2D eigenvalue weighted by molar-refractivity contribution is 5.93. The van der Waals surface area contributed by atoms with Crippen LogP contribution in [0.2, 0.25) is 0 Å². The van der Waals surface area contributed by atoms with Gasteiger partial charge in [0, 0.05) is 28.9 Å². The van der Waals surface area contributed by atoms with Crippen LogP contribution in [0.25, 0.3) is 10.9 Å². The van der Waals surface area contributed by atoms with Gasteiger partial charge >= 0.3 is 0 Å². The second kappa shape index (κ2) is 5.77. The lowest BCUT2D eigenvalue weighted by Crippen LogP contribution is -2.23. The molecule has 0 spiro atoms. The van der Waals surface area contributed by atoms with Gasteiger partial charge in [-0.15, -0.1) is 0 Å². The van der Waals surface area contributed by atoms with Crippen LogP contribution in [0.15, 0.2) is 47.4 Å². The average molecular weight is 297 g/mol. The molecule has 0 saturated heterocycles. The van der Waals surface area contributed by atoms with E-state index in [-0.39, 0.29) is 11.5 Å². The summed E-state index contributed by atoms with van der Waals surface area (Å²) in [4.78, 5) is 28.7. The van der Waals surface area contributed by atoms with E-state index in [1.54, 1.807) is 7.11 Å². The topological polar surface area (TPSA) is 87.0 Å². The maximum Gasteiger partial charge on any atom is 0.253 e. The summed E-state index contributed by atoms with van der Waals surface area (Å²) in [6.07, 6.45) is 1.40. The number of pyridine rings is 1. The molecule has 0 bridgehead atoms. The maximum absolute atomic E-state index is 12.0. The molecule has 0 radical (unpaired) electrons. The lowest BCUT2D eigenvalue weighted by atomic mass is 10.2. The number of benzene rings is 1. The van der Waals surface area contributed by atoms with E-state index < -0.39 is 0 Å². The van der Waals surface area contributed by atoms with Crippen LogP contribution >= 0.6 is 0 Å². The van der Waals surface area contributed by atoms with Crippen LogP contribution in [-0.4, -0.2) is 23.0 Å². The minimum absolute atomic E-state index is 0.235. The normalized spacial score (nSPS) is 10.6. The number of hydrogen-bond donors (Lipinski definition) is 3. The summed E-state index contributed by atoms with van der Waals surface area (Å²) >= 11 is 0. The monoisotopic (exact) mass is 297 g/mol. The van der Waals surface area contributed by atoms with Crippen molar-refractivity contribution in [2.24, 2.45) is 0 Å². The zero-order valence-electron chi connectivity index (χ0n) is 12.0. The Morgan fingerprint density at radius 3 is 2.82 bits per heavy atom. The van der Waals surface area contributed by atoms with E-state index >= 15 is 0 Å². The lowest BCUT2D eigenvalue weighted by Gasteiger charge is -2.03. The number of rotatable bonds is 4. The van der Waals surface area contributed by atoms with Crippen molar-refractivity contribution in [1.82, 2.24) is 15.3 Å². The van der Waals surface area contributed by atoms with Crippen LogP contribution in [0, 0.1) is 0 Å². The number of aromatic amines is 2. The first kappa shape index (κ1) is 13.9. The van der Waals surface area contributed by atoms with E-state index in [0.717, 1.165) is 22.3 Å². The first-order chi connectivity index (χ1) is 10.7. The zero-order valence-corrected chi connectivity index (χ0v) is 12.0. The Morgan fingerprint density at radius 1 is 1.23 bits per heavy atom. The van der Waals surface area contributed by atoms with Gasteiger partial charge in [0.05, 0.1) is 19.2 Å². The molecule has 0 atom stereocenters. The molecule has 2 heterocycles. The third-order valence-electron chi connectivity index (χ3n) is 3.37. The molecule has 3 N–H and O–H groups in total. The summed E-state index contributed by atoms with van der Waals surface area (Å²) in [6, 6.07) is 10.5. The van der Waals surface area contributed by atoms with Gasteiger partial charge in [-0.1, -0.05) is 0 Å². The fourth-order valence-corrected chi connectivity index (χ4v) is 2.22. The molecule has 6 nitrogen and oxygen atoms in total. The molecule has 22 heavy (non-hydrogen) atoms. The van der Waals surface area contributed by atoms with E-state index in [1.807, 2.05) is 24.3 Å². The molecule has 1 amide bonds. The van der Waals surface area contributed by atoms with E-state index in [9.17, 15) is 9.59 Å². The number of carbonyl (C=O) groups excluding carboxylic acids is 1. The Hall–Kier alpha value is -3.02. The SMILES string of the molecule is COc1ccc2[nH]c(CNC(=O)c3ccc(=O)[nH]c3)cc2c1. The molecule has 3 rings (SSSR count). The van der Waals surface area contributed by atoms with Gasteiger partial charge in [-0.05, 0) is 30.3 Å². The first-order valence-electron chi connectivity index (χ1n) is 6.78. The van der Waals surface area contributed by atoms with Gasteiger partial charge < -0.3 is 20.0 Å². The highest BCUT2D eigenvalue weighted by Gasteiger charge is 2.07. The molecule has 1 aromatic carbocycles. The molecule has 2 aromatic heterocycles. The Morgan fingerprint density at radius 2 is 2.09 bits per heavy atom. The predicted molar refractivity (Wildman–Crippen MR) is 83.1 cm³/mol. The Kier molecular flexibility index (Phi) is 3.65. The maximum atomic E-state index is 12.0. The van der Waals surface area contributed by atoms with Gasteiger partial charge in [0.15, 0.2) is 0 Å². The molecule has 3 aromatic rings. The molecule has 0 fully saturated rings. The molecular formula is C16H15N3O3. The smallest absolute Gasteiger partial charge is 0.253 e. The number of aromatic nitrogens is 2. The molecule has 112 valence electrons. The van der Waals surface area contributed by atoms with Crippen LogP contribution in [0.1, 0.15) is 16.1 Å². The van der Waals surface area contributed by atoms with E-state index in [1.165, 1.54) is 18.3 Å². The number of hydrogen-bond acceptors (Lipinski definition) is 3. The largest absolute Gasteiger partial charge is 0.497 e. The zero-order chi connectivity index (χ0) is 15.5. The summed E-state index contributed by atoms with van der Waals surface area (Å²) in [5, 5.41) is 3.82. The highest BCUT2D eigenvalue weighted by atomic mass is 16.5. The van der Waals surface area contributed by atoms with Crippen molar-refractivity contribution in [1.29, 1.82) is 0 Å². The molecule has 0 saturated carbocycles. The lowest BCUT2D eigenvalue weighted by molar-refractivity contribution is 0.0950. The number of ether oxygens (including phenoxy) is 1. The first-order valence-corrected chi connectivity index (χ1v) is 6.78. The summed E-state index contributed by atoms with van der Waals surface area (Å²) in [6.45, 7) is 0.370. The second-order valence-corrected chi connectivity index (χ2v) is 4.87. The number of methoxy groups -OCH3 is 1. The molecule has 0 aliphatic rings. The van der Waals surface area contributed by atoms with Crippen molar-refractivity contribution in [3.63, 3.8) is 0 Å². The van der Waals surface area contributed by atoms with Crippen LogP contribution in [-0.2, 0) is 6.54 Å². The van der Waals surface area contributed by atoms with Gasteiger partial charge in [-0.3, -0.25) is 9.59 Å². The number of fused-ring (bicyclic) bond motifs is 1. The summed E-state index contributed by atoms with van der Waals surface area (Å²) < 4.78 is 5.18. The molecule has 0 aliphatic carbocycles. The van der Waals surface area contributed by atoms with Crippen LogP contribution in [0.5, 0.6) is 5.75 Å². The average Bonchev–Trinajstić information content (AvgIpc) is 2.95. The van der Waals surface area contributed by atoms with Crippen LogP contribution in [0.3, 0.4) is 0 Å². The summed E-state index contributed by atoms with van der Waals surface area (Å²) in [5.74, 6) is 0.544. The Bertz CT molecular complexity index is 859. The van der Waals surface area contributed by atoms with Crippen molar-refractivity contribution in [3.05, 3.63) is 64.2 Å². The molecular weight excluding hydrogens is 282 g/mol. The number of H-pyrrole nitrogens is 2. The second-order valence-electron chi connectivity index (χ2n) is 4.87. The van der Waals surface area contributed by atoms with Crippen molar-refractivity contribution >= 4 is 16.8 Å². The highest BCUT2D eigenvalue weighted by Crippen LogP contribution is 2.21. The summed E-state index contributed by atoms with van der Waals surface area (Å²) in [5.41, 5.74) is 2.05. The third-order valence-corrected chi connectivity index (χ3v) is 3.37. The molecule has 0 unspecified atom stereocenters. The van der Waals surface area contributed by atoms with Gasteiger partial charge in [-0.2, -0.15) is 0 Å². The Labute approximate surface area is 126 Å². The van der Waals surface area contributed by atoms with Gasteiger partial charge in [0.2, 0.25) is 5.56 Å². The fourth-order valence-electron chi connectivity index (χ4n) is 2.22. The third kappa shape index (κ3) is 2.85. The van der Waals surface area contributed by atoms with Gasteiger partial charge in [-0.25, -0.2) is 0 Å². The van der Waals surface area contributed by atoms with Crippen LogP contribution < -0.4 is 15.6 Å². The minimum atomic E-state index is -0.243. The number of carbonyl (C=O) groups is 1. The predicted octanol–water partition coefficient (Wildman–Crippen LogP) is 1.79. The van der Waals surface area contributed by atoms with Gasteiger partial charge in [0.1, 0.15) is 5.75 Å². The Balaban J connectivity index is 1.72. The van der Waals surface area contributed by atoms with Crippen LogP contribution in [0.4, 0.5) is 0 Å². The van der Waals surface area contributed by atoms with Gasteiger partial charge in [0.25, 0.3) is 5.91 Å². The van der Waals surface area contributed by atoms with Crippen molar-refractivity contribution in [2.75, 3.05) is 7.11 Å². The fraction of sp³-hybridized carbons (Fsp3) is 0.125. The quantitative estimate of drug-likeness (QED) is 0.686. The molecule has 6 heteroatoms. The van der Waals surface area contributed by atoms with Crippen molar-refractivity contribution in [2.45, 2.75) is 6.54 Å². The van der Waals surface area contributed by atoms with Crippen molar-refractivity contribution < 1.29 is 9.53 Å².